The van der Waals surface area contributed by atoms with E-state index in [9.17, 15) is 9.90 Å². The maximum absolute atomic E-state index is 12.3. The van der Waals surface area contributed by atoms with Crippen molar-refractivity contribution < 1.29 is 14.6 Å². The number of halogens is 1. The van der Waals surface area contributed by atoms with E-state index < -0.39 is 6.09 Å². The van der Waals surface area contributed by atoms with Gasteiger partial charge in [0.25, 0.3) is 0 Å². The van der Waals surface area contributed by atoms with Crippen molar-refractivity contribution in [2.75, 3.05) is 11.9 Å². The zero-order valence-electron chi connectivity index (χ0n) is 23.2. The number of nitrogens with zero attached hydrogens (tertiary/aromatic N) is 1. The first kappa shape index (κ1) is 27.2. The van der Waals surface area contributed by atoms with Gasteiger partial charge in [0.05, 0.1) is 29.6 Å². The molecular weight excluding hydrogens is 484 g/mol. The van der Waals surface area contributed by atoms with Crippen molar-refractivity contribution in [3.8, 4) is 0 Å². The molecule has 0 bridgehead atoms. The monoisotopic (exact) mass is 530 g/mol. The Morgan fingerprint density at radius 2 is 1.89 bits per heavy atom. The number of carbonyl (C=O) groups excluding carboxylic acids is 1. The molecule has 5 rings (SSSR count). The summed E-state index contributed by atoms with van der Waals surface area (Å²) in [7, 11) is 0. The van der Waals surface area contributed by atoms with Crippen LogP contribution in [0.1, 0.15) is 91.9 Å². The summed E-state index contributed by atoms with van der Waals surface area (Å²) >= 11 is 5.96. The maximum atomic E-state index is 12.3. The molecule has 0 spiro atoms. The summed E-state index contributed by atoms with van der Waals surface area (Å²) in [5, 5.41) is 13.7. The van der Waals surface area contributed by atoms with E-state index in [0.29, 0.717) is 45.9 Å². The molecule has 206 valence electrons. The van der Waals surface area contributed by atoms with Gasteiger partial charge in [0, 0.05) is 6.20 Å². The summed E-state index contributed by atoms with van der Waals surface area (Å²) in [4.78, 5) is 16.3. The third-order valence-electron chi connectivity index (χ3n) is 11.9. The molecule has 1 amide bonds. The number of nitrogens with one attached hydrogen (secondary N) is 1. The average molecular weight is 531 g/mol. The highest BCUT2D eigenvalue weighted by atomic mass is 35.5. The van der Waals surface area contributed by atoms with Crippen LogP contribution < -0.4 is 5.32 Å². The van der Waals surface area contributed by atoms with Gasteiger partial charge in [0.15, 0.2) is 0 Å². The number of fused-ring (bicyclic) bond motifs is 5. The number of carbonyl (C=O) groups is 1. The molecule has 4 aliphatic rings. The zero-order chi connectivity index (χ0) is 26.4. The van der Waals surface area contributed by atoms with Gasteiger partial charge in [-0.3, -0.25) is 10.3 Å². The number of aromatic nitrogens is 1. The Bertz CT molecular complexity index is 974. The summed E-state index contributed by atoms with van der Waals surface area (Å²) in [6.07, 6.45) is 14.7. The number of pyridine rings is 1. The number of ether oxygens (including phenoxy) is 1. The third kappa shape index (κ3) is 5.04. The van der Waals surface area contributed by atoms with Crippen molar-refractivity contribution >= 4 is 23.4 Å². The molecule has 6 heteroatoms. The van der Waals surface area contributed by atoms with Crippen molar-refractivity contribution in [3.05, 3.63) is 23.5 Å². The summed E-state index contributed by atoms with van der Waals surface area (Å²) in [5.41, 5.74) is 1.35. The van der Waals surface area contributed by atoms with Crippen LogP contribution >= 0.6 is 11.6 Å². The van der Waals surface area contributed by atoms with Gasteiger partial charge >= 0.3 is 6.09 Å². The van der Waals surface area contributed by atoms with Crippen LogP contribution in [0, 0.1) is 52.3 Å². The van der Waals surface area contributed by atoms with E-state index in [1.807, 2.05) is 0 Å². The number of hydrogen-bond acceptors (Lipinski definition) is 4. The van der Waals surface area contributed by atoms with Crippen LogP contribution in [0.4, 0.5) is 10.5 Å². The van der Waals surface area contributed by atoms with Gasteiger partial charge in [-0.05, 0) is 116 Å². The Labute approximate surface area is 228 Å². The molecule has 1 heterocycles. The normalized spacial score (nSPS) is 41.7. The minimum Gasteiger partial charge on any atom is -0.449 e. The minimum atomic E-state index is -0.444. The predicted molar refractivity (Wildman–Crippen MR) is 148 cm³/mol. The van der Waals surface area contributed by atoms with Gasteiger partial charge in [0.2, 0.25) is 0 Å². The van der Waals surface area contributed by atoms with E-state index in [1.165, 1.54) is 51.1 Å². The lowest BCUT2D eigenvalue weighted by Crippen LogP contribution is -2.56. The van der Waals surface area contributed by atoms with E-state index in [2.05, 4.69) is 38.0 Å². The second kappa shape index (κ2) is 10.7. The first-order valence-corrected chi connectivity index (χ1v) is 15.3. The molecule has 0 aliphatic heterocycles. The van der Waals surface area contributed by atoms with Crippen molar-refractivity contribution in [2.45, 2.75) is 98.0 Å². The number of hydrogen-bond donors (Lipinski definition) is 2. The van der Waals surface area contributed by atoms with Crippen molar-refractivity contribution in [2.24, 2.45) is 52.3 Å². The lowest BCUT2D eigenvalue weighted by molar-refractivity contribution is -0.152. The summed E-state index contributed by atoms with van der Waals surface area (Å²) in [6, 6.07) is 1.67. The quantitative estimate of drug-likeness (QED) is 0.391. The van der Waals surface area contributed by atoms with E-state index >= 15 is 0 Å². The first-order chi connectivity index (χ1) is 17.7. The number of amides is 1. The molecule has 0 saturated heterocycles. The Balaban J connectivity index is 1.21. The van der Waals surface area contributed by atoms with Crippen molar-refractivity contribution in [1.29, 1.82) is 0 Å². The zero-order valence-corrected chi connectivity index (χ0v) is 24.0. The van der Waals surface area contributed by atoms with Crippen LogP contribution in [-0.2, 0) is 4.74 Å². The Morgan fingerprint density at radius 3 is 2.65 bits per heavy atom. The van der Waals surface area contributed by atoms with Gasteiger partial charge in [-0.1, -0.05) is 45.7 Å². The lowest BCUT2D eigenvalue weighted by Gasteiger charge is -2.63. The van der Waals surface area contributed by atoms with Gasteiger partial charge < -0.3 is 9.84 Å². The van der Waals surface area contributed by atoms with E-state index in [4.69, 9.17) is 16.3 Å². The van der Waals surface area contributed by atoms with Crippen LogP contribution in [0.2, 0.25) is 5.02 Å². The molecule has 1 unspecified atom stereocenters. The lowest BCUT2D eigenvalue weighted by atomic mass is 9.42. The standard InChI is InChI=1S/C31H47ClN2O3/c1-5-20-14-24-26-7-6-25(19(2)10-13-37-29(36)34-22-15-21(32)17-33-18-22)30(26,3)12-9-27(24)31(4)11-8-23(35)16-28(20)31/h15,17-20,23-28,35H,5-14,16H2,1-4H3,(H,34,36)/t19-,20+,23-,24+,25-,26+,27?,28+,30-,31-/m1/s1. The molecule has 1 aromatic rings. The molecule has 4 saturated carbocycles. The third-order valence-corrected chi connectivity index (χ3v) is 12.1. The summed E-state index contributed by atoms with van der Waals surface area (Å²) < 4.78 is 5.54. The fourth-order valence-electron chi connectivity index (χ4n) is 10.1. The summed E-state index contributed by atoms with van der Waals surface area (Å²) in [5.74, 6) is 5.18. The second-order valence-corrected chi connectivity index (χ2v) is 13.9. The number of aliphatic hydroxyl groups excluding tert-OH is 1. The van der Waals surface area contributed by atoms with Gasteiger partial charge in [-0.15, -0.1) is 0 Å². The molecule has 4 aliphatic carbocycles. The van der Waals surface area contributed by atoms with Crippen LogP contribution in [-0.4, -0.2) is 28.9 Å². The molecular formula is C31H47ClN2O3. The molecule has 0 aromatic carbocycles. The van der Waals surface area contributed by atoms with Crippen LogP contribution in [0.25, 0.3) is 0 Å². The highest BCUT2D eigenvalue weighted by Gasteiger charge is 2.62. The molecule has 0 radical (unpaired) electrons. The highest BCUT2D eigenvalue weighted by molar-refractivity contribution is 6.30. The Morgan fingerprint density at radius 1 is 1.14 bits per heavy atom. The maximum Gasteiger partial charge on any atom is 0.411 e. The minimum absolute atomic E-state index is 0.0827. The Hall–Kier alpha value is -1.33. The summed E-state index contributed by atoms with van der Waals surface area (Å²) in [6.45, 7) is 10.4. The highest BCUT2D eigenvalue weighted by Crippen LogP contribution is 2.69. The largest absolute Gasteiger partial charge is 0.449 e. The molecule has 5 nitrogen and oxygen atoms in total. The fraction of sp³-hybridized carbons (Fsp3) is 0.806. The number of rotatable bonds is 6. The molecule has 37 heavy (non-hydrogen) atoms. The fourth-order valence-corrected chi connectivity index (χ4v) is 10.3. The number of aliphatic hydroxyl groups is 1. The van der Waals surface area contributed by atoms with Gasteiger partial charge in [-0.25, -0.2) is 4.79 Å². The molecule has 2 N–H and O–H groups in total. The second-order valence-electron chi connectivity index (χ2n) is 13.5. The Kier molecular flexibility index (Phi) is 7.86. The van der Waals surface area contributed by atoms with E-state index in [1.54, 1.807) is 12.3 Å². The first-order valence-electron chi connectivity index (χ1n) is 14.9. The smallest absolute Gasteiger partial charge is 0.411 e. The molecule has 1 aromatic heterocycles. The van der Waals surface area contributed by atoms with Crippen molar-refractivity contribution in [1.82, 2.24) is 4.98 Å². The van der Waals surface area contributed by atoms with Gasteiger partial charge in [-0.2, -0.15) is 0 Å². The van der Waals surface area contributed by atoms with Crippen molar-refractivity contribution in [3.63, 3.8) is 0 Å². The van der Waals surface area contributed by atoms with Crippen LogP contribution in [0.3, 0.4) is 0 Å². The van der Waals surface area contributed by atoms with Crippen LogP contribution in [0.15, 0.2) is 18.5 Å². The SMILES string of the molecule is CC[C@H]1C[C@@H]2C(CC[C@]3(C)[C@@H]([C@H](C)CCOC(=O)Nc4cncc(Cl)c4)CC[C@@H]23)[C@@]2(C)CC[C@@H](O)C[C@@H]12. The van der Waals surface area contributed by atoms with E-state index in [-0.39, 0.29) is 6.10 Å². The predicted octanol–water partition coefficient (Wildman–Crippen LogP) is 7.97. The molecule has 4 fully saturated rings. The van der Waals surface area contributed by atoms with Crippen LogP contribution in [0.5, 0.6) is 0 Å². The topological polar surface area (TPSA) is 71.5 Å². The van der Waals surface area contributed by atoms with E-state index in [0.717, 1.165) is 42.9 Å². The van der Waals surface area contributed by atoms with Gasteiger partial charge in [0.1, 0.15) is 0 Å². The molecule has 10 atom stereocenters. The number of anilines is 1. The average Bonchev–Trinajstić information content (AvgIpc) is 3.21.